The molecule has 1 rings (SSSR count). The molecule has 0 fully saturated rings. The maximum atomic E-state index is 9.31. The third-order valence-corrected chi connectivity index (χ3v) is 3.23. The molecule has 0 aliphatic heterocycles. The van der Waals surface area contributed by atoms with Crippen LogP contribution < -0.4 is 0 Å². The average molecular weight is 258 g/mol. The predicted octanol–water partition coefficient (Wildman–Crippen LogP) is 5.27. The molecule has 0 atom stereocenters. The second-order valence-electron chi connectivity index (χ2n) is 5.08. The van der Waals surface area contributed by atoms with Gasteiger partial charge in [0.25, 0.3) is 0 Å². The van der Waals surface area contributed by atoms with Crippen molar-refractivity contribution in [2.45, 2.75) is 64.7 Å². The molecule has 0 saturated carbocycles. The summed E-state index contributed by atoms with van der Waals surface area (Å²) in [4.78, 5) is 0. The highest BCUT2D eigenvalue weighted by atomic mass is 16.3. The van der Waals surface area contributed by atoms with E-state index in [9.17, 15) is 5.11 Å². The van der Waals surface area contributed by atoms with Crippen LogP contribution in [0.1, 0.15) is 70.3 Å². The Morgan fingerprint density at radius 2 is 1.63 bits per heavy atom. The molecule has 1 aromatic carbocycles. The molecule has 1 N–H and O–H groups in total. The standard InChI is InChI=1S/C18H26O/c1-2-3-4-5-6-7-8-9-10-11-13-17-14-12-15-18(19)16-17/h12,14-16,19H,2-10H2,1H3. The Morgan fingerprint density at radius 3 is 2.32 bits per heavy atom. The van der Waals surface area contributed by atoms with Crippen LogP contribution in [-0.2, 0) is 0 Å². The van der Waals surface area contributed by atoms with Gasteiger partial charge in [-0.2, -0.15) is 0 Å². The minimum atomic E-state index is 0.291. The summed E-state index contributed by atoms with van der Waals surface area (Å²) >= 11 is 0. The molecule has 0 unspecified atom stereocenters. The quantitative estimate of drug-likeness (QED) is 0.497. The van der Waals surface area contributed by atoms with E-state index in [4.69, 9.17) is 0 Å². The molecule has 1 heteroatoms. The highest BCUT2D eigenvalue weighted by Gasteiger charge is 1.91. The highest BCUT2D eigenvalue weighted by molar-refractivity contribution is 5.38. The summed E-state index contributed by atoms with van der Waals surface area (Å²) in [6.45, 7) is 2.26. The number of hydrogen-bond donors (Lipinski definition) is 1. The number of benzene rings is 1. The van der Waals surface area contributed by atoms with E-state index >= 15 is 0 Å². The SMILES string of the molecule is CCCCCCCCCCC#Cc1cccc(O)c1. The third-order valence-electron chi connectivity index (χ3n) is 3.23. The van der Waals surface area contributed by atoms with Gasteiger partial charge in [0.1, 0.15) is 5.75 Å². The normalized spacial score (nSPS) is 9.95. The van der Waals surface area contributed by atoms with Crippen LogP contribution in [0.3, 0.4) is 0 Å². The first-order valence-corrected chi connectivity index (χ1v) is 7.61. The zero-order chi connectivity index (χ0) is 13.8. The molecule has 1 aromatic rings. The second kappa shape index (κ2) is 10.5. The summed E-state index contributed by atoms with van der Waals surface area (Å²) in [5, 5.41) is 9.31. The van der Waals surface area contributed by atoms with E-state index in [2.05, 4.69) is 18.8 Å². The van der Waals surface area contributed by atoms with E-state index in [0.29, 0.717) is 5.75 Å². The van der Waals surface area contributed by atoms with Crippen LogP contribution in [0.4, 0.5) is 0 Å². The molecule has 0 aliphatic rings. The van der Waals surface area contributed by atoms with Crippen LogP contribution >= 0.6 is 0 Å². The zero-order valence-corrected chi connectivity index (χ0v) is 12.1. The van der Waals surface area contributed by atoms with Gasteiger partial charge in [-0.1, -0.05) is 69.8 Å². The number of unbranched alkanes of at least 4 members (excludes halogenated alkanes) is 8. The summed E-state index contributed by atoms with van der Waals surface area (Å²) < 4.78 is 0. The van der Waals surface area contributed by atoms with Crippen LogP contribution in [0.2, 0.25) is 0 Å². The maximum Gasteiger partial charge on any atom is 0.116 e. The van der Waals surface area contributed by atoms with E-state index < -0.39 is 0 Å². The number of hydrogen-bond acceptors (Lipinski definition) is 1. The van der Waals surface area contributed by atoms with E-state index in [0.717, 1.165) is 12.0 Å². The fraction of sp³-hybridized carbons (Fsp3) is 0.556. The topological polar surface area (TPSA) is 20.2 Å². The second-order valence-corrected chi connectivity index (χ2v) is 5.08. The minimum absolute atomic E-state index is 0.291. The lowest BCUT2D eigenvalue weighted by atomic mass is 10.1. The van der Waals surface area contributed by atoms with Crippen molar-refractivity contribution in [2.24, 2.45) is 0 Å². The molecule has 0 radical (unpaired) electrons. The Kier molecular flexibility index (Phi) is 8.64. The Labute approximate surface area is 118 Å². The van der Waals surface area contributed by atoms with E-state index in [1.54, 1.807) is 12.1 Å². The molecular formula is C18H26O. The molecule has 0 heterocycles. The first kappa shape index (κ1) is 15.6. The van der Waals surface area contributed by atoms with E-state index in [1.165, 1.54) is 51.4 Å². The van der Waals surface area contributed by atoms with Crippen LogP contribution in [0.5, 0.6) is 5.75 Å². The van der Waals surface area contributed by atoms with Crippen LogP contribution in [0.25, 0.3) is 0 Å². The van der Waals surface area contributed by atoms with Gasteiger partial charge < -0.3 is 5.11 Å². The van der Waals surface area contributed by atoms with Crippen molar-refractivity contribution < 1.29 is 5.11 Å². The summed E-state index contributed by atoms with van der Waals surface area (Å²) in [6.07, 6.45) is 11.7. The van der Waals surface area contributed by atoms with Gasteiger partial charge >= 0.3 is 0 Å². The van der Waals surface area contributed by atoms with Gasteiger partial charge in [-0.3, -0.25) is 0 Å². The van der Waals surface area contributed by atoms with Crippen molar-refractivity contribution in [2.75, 3.05) is 0 Å². The van der Waals surface area contributed by atoms with Gasteiger partial charge in [0.05, 0.1) is 0 Å². The van der Waals surface area contributed by atoms with Gasteiger partial charge in [-0.15, -0.1) is 0 Å². The van der Waals surface area contributed by atoms with Crippen molar-refractivity contribution in [3.63, 3.8) is 0 Å². The number of rotatable bonds is 8. The molecule has 0 saturated heterocycles. The molecule has 0 amide bonds. The summed E-state index contributed by atoms with van der Waals surface area (Å²) in [5.74, 6) is 6.56. The van der Waals surface area contributed by atoms with E-state index in [-0.39, 0.29) is 0 Å². The number of aromatic hydroxyl groups is 1. The molecular weight excluding hydrogens is 232 g/mol. The first-order chi connectivity index (χ1) is 9.33. The number of phenolic OH excluding ortho intramolecular Hbond substituents is 1. The molecule has 0 aliphatic carbocycles. The van der Waals surface area contributed by atoms with Crippen molar-refractivity contribution in [1.82, 2.24) is 0 Å². The predicted molar refractivity (Wildman–Crippen MR) is 82.2 cm³/mol. The first-order valence-electron chi connectivity index (χ1n) is 7.61. The zero-order valence-electron chi connectivity index (χ0n) is 12.1. The molecule has 0 bridgehead atoms. The Bertz CT molecular complexity index is 398. The van der Waals surface area contributed by atoms with Crippen LogP contribution in [0.15, 0.2) is 24.3 Å². The fourth-order valence-corrected chi connectivity index (χ4v) is 2.10. The lowest BCUT2D eigenvalue weighted by molar-refractivity contribution is 0.475. The van der Waals surface area contributed by atoms with Crippen molar-refractivity contribution in [1.29, 1.82) is 0 Å². The lowest BCUT2D eigenvalue weighted by Gasteiger charge is -1.99. The molecule has 0 spiro atoms. The molecule has 0 aromatic heterocycles. The van der Waals surface area contributed by atoms with Gasteiger partial charge in [0.15, 0.2) is 0 Å². The van der Waals surface area contributed by atoms with Gasteiger partial charge in [-0.25, -0.2) is 0 Å². The third kappa shape index (κ3) is 8.32. The highest BCUT2D eigenvalue weighted by Crippen LogP contribution is 2.11. The van der Waals surface area contributed by atoms with Crippen molar-refractivity contribution in [3.05, 3.63) is 29.8 Å². The molecule has 19 heavy (non-hydrogen) atoms. The lowest BCUT2D eigenvalue weighted by Crippen LogP contribution is -1.80. The molecule has 1 nitrogen and oxygen atoms in total. The maximum absolute atomic E-state index is 9.31. The Morgan fingerprint density at radius 1 is 0.947 bits per heavy atom. The van der Waals surface area contributed by atoms with Crippen molar-refractivity contribution in [3.8, 4) is 17.6 Å². The summed E-state index contributed by atoms with van der Waals surface area (Å²) in [5.41, 5.74) is 0.902. The van der Waals surface area contributed by atoms with Crippen LogP contribution in [0, 0.1) is 11.8 Å². The summed E-state index contributed by atoms with van der Waals surface area (Å²) in [6, 6.07) is 7.14. The minimum Gasteiger partial charge on any atom is -0.508 e. The van der Waals surface area contributed by atoms with E-state index in [1.807, 2.05) is 12.1 Å². The van der Waals surface area contributed by atoms with Gasteiger partial charge in [-0.05, 0) is 24.6 Å². The Hall–Kier alpha value is -1.42. The van der Waals surface area contributed by atoms with Crippen LogP contribution in [-0.4, -0.2) is 5.11 Å². The fourth-order valence-electron chi connectivity index (χ4n) is 2.10. The van der Waals surface area contributed by atoms with Crippen molar-refractivity contribution >= 4 is 0 Å². The smallest absolute Gasteiger partial charge is 0.116 e. The summed E-state index contributed by atoms with van der Waals surface area (Å²) in [7, 11) is 0. The molecule has 104 valence electrons. The van der Waals surface area contributed by atoms with Gasteiger partial charge in [0.2, 0.25) is 0 Å². The average Bonchev–Trinajstić information content (AvgIpc) is 2.41. The monoisotopic (exact) mass is 258 g/mol. The Balaban J connectivity index is 2.02. The largest absolute Gasteiger partial charge is 0.508 e. The number of phenols is 1. The van der Waals surface area contributed by atoms with Gasteiger partial charge in [0, 0.05) is 12.0 Å².